The molecule has 2 aromatic rings. The molecule has 0 aliphatic carbocycles. The first-order chi connectivity index (χ1) is 11.7. The molecule has 0 amide bonds. The predicted molar refractivity (Wildman–Crippen MR) is 96.5 cm³/mol. The number of aliphatic hydroxyl groups is 1. The lowest BCUT2D eigenvalue weighted by Crippen LogP contribution is -2.26. The van der Waals surface area contributed by atoms with Gasteiger partial charge < -0.3 is 19.9 Å². The number of hydrogen-bond donors (Lipinski definition) is 2. The Kier molecular flexibility index (Phi) is 7.75. The van der Waals surface area contributed by atoms with Crippen molar-refractivity contribution in [2.75, 3.05) is 32.9 Å². The molecule has 0 fully saturated rings. The largest absolute Gasteiger partial charge is 0.491 e. The monoisotopic (exact) mass is 329 g/mol. The molecule has 4 nitrogen and oxygen atoms in total. The summed E-state index contributed by atoms with van der Waals surface area (Å²) in [4.78, 5) is 0. The fourth-order valence-electron chi connectivity index (χ4n) is 2.51. The minimum absolute atomic E-state index is 0.487. The third-order valence-corrected chi connectivity index (χ3v) is 3.83. The van der Waals surface area contributed by atoms with Crippen LogP contribution in [0.5, 0.6) is 5.75 Å². The zero-order chi connectivity index (χ0) is 17.2. The van der Waals surface area contributed by atoms with Gasteiger partial charge in [0.25, 0.3) is 0 Å². The molecule has 24 heavy (non-hydrogen) atoms. The average molecular weight is 329 g/mol. The first kappa shape index (κ1) is 18.5. The van der Waals surface area contributed by atoms with Crippen molar-refractivity contribution in [1.29, 1.82) is 0 Å². The van der Waals surface area contributed by atoms with Crippen molar-refractivity contribution in [3.8, 4) is 5.75 Å². The topological polar surface area (TPSA) is 50.7 Å². The van der Waals surface area contributed by atoms with Crippen molar-refractivity contribution in [3.05, 3.63) is 65.2 Å². The summed E-state index contributed by atoms with van der Waals surface area (Å²) in [7, 11) is 0. The number of rotatable bonds is 10. The summed E-state index contributed by atoms with van der Waals surface area (Å²) < 4.78 is 11.3. The summed E-state index contributed by atoms with van der Waals surface area (Å²) in [5.41, 5.74) is 3.21. The van der Waals surface area contributed by atoms with E-state index in [1.54, 1.807) is 0 Å². The van der Waals surface area contributed by atoms with Gasteiger partial charge in [-0.3, -0.25) is 0 Å². The Morgan fingerprint density at radius 1 is 0.917 bits per heavy atom. The first-order valence-corrected chi connectivity index (χ1v) is 8.39. The molecular formula is C20H27NO3. The Balaban J connectivity index is 1.53. The highest BCUT2D eigenvalue weighted by atomic mass is 16.5. The molecule has 130 valence electrons. The molecule has 0 radical (unpaired) electrons. The molecule has 0 aromatic heterocycles. The molecule has 0 saturated heterocycles. The summed E-state index contributed by atoms with van der Waals surface area (Å²) in [6.45, 7) is 7.00. The van der Waals surface area contributed by atoms with E-state index in [1.165, 1.54) is 0 Å². The van der Waals surface area contributed by atoms with E-state index in [2.05, 4.69) is 5.32 Å². The molecule has 0 spiro atoms. The third-order valence-electron chi connectivity index (χ3n) is 3.83. The second kappa shape index (κ2) is 10.1. The van der Waals surface area contributed by atoms with Gasteiger partial charge in [-0.25, -0.2) is 0 Å². The Bertz CT molecular complexity index is 581. The van der Waals surface area contributed by atoms with E-state index in [-0.39, 0.29) is 0 Å². The summed E-state index contributed by atoms with van der Waals surface area (Å²) in [6, 6.07) is 15.8. The Labute approximate surface area is 144 Å². The highest BCUT2D eigenvalue weighted by Gasteiger charge is 2.05. The Morgan fingerprint density at radius 2 is 1.62 bits per heavy atom. The summed E-state index contributed by atoms with van der Waals surface area (Å²) in [5.74, 6) is 0.949. The van der Waals surface area contributed by atoms with E-state index in [1.807, 2.05) is 62.4 Å². The molecule has 1 atom stereocenters. The van der Waals surface area contributed by atoms with Crippen LogP contribution in [0.2, 0.25) is 0 Å². The van der Waals surface area contributed by atoms with Crippen molar-refractivity contribution < 1.29 is 14.6 Å². The molecule has 4 heteroatoms. The number of hydrogen-bond acceptors (Lipinski definition) is 4. The van der Waals surface area contributed by atoms with Gasteiger partial charge in [-0.1, -0.05) is 48.5 Å². The van der Waals surface area contributed by atoms with Crippen molar-refractivity contribution in [3.63, 3.8) is 0 Å². The van der Waals surface area contributed by atoms with Crippen LogP contribution >= 0.6 is 0 Å². The zero-order valence-corrected chi connectivity index (χ0v) is 14.5. The number of ether oxygens (including phenoxy) is 2. The molecule has 2 rings (SSSR count). The number of benzene rings is 2. The smallest absolute Gasteiger partial charge is 0.125 e. The van der Waals surface area contributed by atoms with Crippen LogP contribution in [0.15, 0.2) is 48.5 Å². The lowest BCUT2D eigenvalue weighted by atomic mass is 10.1. The van der Waals surface area contributed by atoms with Gasteiger partial charge >= 0.3 is 0 Å². The Morgan fingerprint density at radius 3 is 2.33 bits per heavy atom. The summed E-state index contributed by atoms with van der Waals surface area (Å²) in [5, 5.41) is 13.2. The Hall–Kier alpha value is -1.88. The van der Waals surface area contributed by atoms with Gasteiger partial charge in [0.2, 0.25) is 0 Å². The minimum atomic E-state index is -0.487. The first-order valence-electron chi connectivity index (χ1n) is 8.39. The standard InChI is InChI=1S/C20H27NO3/c1-16-7-6-8-17(2)20(16)24-14-13-23-12-11-21-15-19(22)18-9-4-3-5-10-18/h3-10,19,21-22H,11-15H2,1-2H3. The third kappa shape index (κ3) is 5.96. The summed E-state index contributed by atoms with van der Waals surface area (Å²) >= 11 is 0. The van der Waals surface area contributed by atoms with E-state index >= 15 is 0 Å². The maximum absolute atomic E-state index is 10.0. The quantitative estimate of drug-likeness (QED) is 0.658. The highest BCUT2D eigenvalue weighted by molar-refractivity contribution is 5.39. The minimum Gasteiger partial charge on any atom is -0.491 e. The van der Waals surface area contributed by atoms with Gasteiger partial charge in [-0.05, 0) is 30.5 Å². The fraction of sp³-hybridized carbons (Fsp3) is 0.400. The number of nitrogens with one attached hydrogen (secondary N) is 1. The van der Waals surface area contributed by atoms with E-state index in [0.29, 0.717) is 32.9 Å². The van der Waals surface area contributed by atoms with Gasteiger partial charge in [0, 0.05) is 13.1 Å². The average Bonchev–Trinajstić information content (AvgIpc) is 2.60. The van der Waals surface area contributed by atoms with E-state index in [4.69, 9.17) is 9.47 Å². The second-order valence-corrected chi connectivity index (χ2v) is 5.81. The van der Waals surface area contributed by atoms with Gasteiger partial charge in [-0.15, -0.1) is 0 Å². The van der Waals surface area contributed by atoms with E-state index in [0.717, 1.165) is 22.4 Å². The molecular weight excluding hydrogens is 302 g/mol. The van der Waals surface area contributed by atoms with Crippen LogP contribution in [0.1, 0.15) is 22.8 Å². The molecule has 0 saturated carbocycles. The van der Waals surface area contributed by atoms with Gasteiger partial charge in [-0.2, -0.15) is 0 Å². The lowest BCUT2D eigenvalue weighted by Gasteiger charge is -2.13. The van der Waals surface area contributed by atoms with Crippen LogP contribution < -0.4 is 10.1 Å². The molecule has 0 aliphatic heterocycles. The maximum Gasteiger partial charge on any atom is 0.125 e. The van der Waals surface area contributed by atoms with Gasteiger partial charge in [0.1, 0.15) is 12.4 Å². The van der Waals surface area contributed by atoms with Crippen LogP contribution in [0.4, 0.5) is 0 Å². The molecule has 2 aromatic carbocycles. The molecule has 2 N–H and O–H groups in total. The van der Waals surface area contributed by atoms with Crippen LogP contribution in [-0.2, 0) is 4.74 Å². The van der Waals surface area contributed by atoms with Crippen LogP contribution in [0.3, 0.4) is 0 Å². The van der Waals surface area contributed by atoms with Crippen molar-refractivity contribution in [2.24, 2.45) is 0 Å². The second-order valence-electron chi connectivity index (χ2n) is 5.81. The molecule has 0 bridgehead atoms. The van der Waals surface area contributed by atoms with Gasteiger partial charge in [0.15, 0.2) is 0 Å². The fourth-order valence-corrected chi connectivity index (χ4v) is 2.51. The van der Waals surface area contributed by atoms with E-state index < -0.39 is 6.10 Å². The van der Waals surface area contributed by atoms with E-state index in [9.17, 15) is 5.11 Å². The van der Waals surface area contributed by atoms with Crippen LogP contribution in [0, 0.1) is 13.8 Å². The zero-order valence-electron chi connectivity index (χ0n) is 14.5. The summed E-state index contributed by atoms with van der Waals surface area (Å²) in [6.07, 6.45) is -0.487. The molecule has 1 unspecified atom stereocenters. The maximum atomic E-state index is 10.0. The van der Waals surface area contributed by atoms with Crippen molar-refractivity contribution >= 4 is 0 Å². The molecule has 0 aliphatic rings. The lowest BCUT2D eigenvalue weighted by molar-refractivity contribution is 0.0978. The normalized spacial score (nSPS) is 12.1. The number of aliphatic hydroxyl groups excluding tert-OH is 1. The SMILES string of the molecule is Cc1cccc(C)c1OCCOCCNCC(O)c1ccccc1. The highest BCUT2D eigenvalue weighted by Crippen LogP contribution is 2.21. The molecule has 0 heterocycles. The van der Waals surface area contributed by atoms with Crippen molar-refractivity contribution in [2.45, 2.75) is 20.0 Å². The van der Waals surface area contributed by atoms with Crippen molar-refractivity contribution in [1.82, 2.24) is 5.32 Å². The van der Waals surface area contributed by atoms with Crippen LogP contribution in [0.25, 0.3) is 0 Å². The number of aryl methyl sites for hydroxylation is 2. The predicted octanol–water partition coefficient (Wildman–Crippen LogP) is 3.02. The van der Waals surface area contributed by atoms with Gasteiger partial charge in [0.05, 0.1) is 19.3 Å². The number of para-hydroxylation sites is 1. The van der Waals surface area contributed by atoms with Crippen LogP contribution in [-0.4, -0.2) is 38.0 Å².